The number of carbonyl (C=O) groups is 1. The number of phenols is 1. The average molecular weight is 498 g/mol. The van der Waals surface area contributed by atoms with E-state index in [-0.39, 0.29) is 17.7 Å². The van der Waals surface area contributed by atoms with Crippen LogP contribution in [0.2, 0.25) is 0 Å². The summed E-state index contributed by atoms with van der Waals surface area (Å²) in [4.78, 5) is 11.6. The molecule has 0 radical (unpaired) electrons. The van der Waals surface area contributed by atoms with Gasteiger partial charge in [-0.1, -0.05) is 24.3 Å². The summed E-state index contributed by atoms with van der Waals surface area (Å²) < 4.78 is 21.7. The lowest BCUT2D eigenvalue weighted by molar-refractivity contribution is -0.307. The van der Waals surface area contributed by atoms with Crippen LogP contribution in [0.1, 0.15) is 10.4 Å². The monoisotopic (exact) mass is 498 g/mol. The summed E-state index contributed by atoms with van der Waals surface area (Å²) in [6, 6.07) is 7.24. The molecule has 2 aliphatic heterocycles. The minimum Gasteiger partial charge on any atom is -0.506 e. The van der Waals surface area contributed by atoms with Crippen molar-refractivity contribution in [2.45, 2.75) is 55.3 Å². The number of carboxylic acid groups (broad SMARTS) is 1. The van der Waals surface area contributed by atoms with Crippen LogP contribution in [0.4, 0.5) is 0 Å². The van der Waals surface area contributed by atoms with E-state index in [9.17, 15) is 45.6 Å². The van der Waals surface area contributed by atoms with Crippen molar-refractivity contribution in [3.05, 3.63) is 35.9 Å². The van der Waals surface area contributed by atoms with Crippen LogP contribution in [0.3, 0.4) is 0 Å². The van der Waals surface area contributed by atoms with E-state index in [4.69, 9.17) is 18.9 Å². The highest BCUT2D eigenvalue weighted by Gasteiger charge is 2.46. The van der Waals surface area contributed by atoms with Gasteiger partial charge in [0.15, 0.2) is 6.29 Å². The number of carboxylic acids is 1. The quantitative estimate of drug-likeness (QED) is 0.214. The summed E-state index contributed by atoms with van der Waals surface area (Å²) in [6.45, 7) is -0.796. The lowest BCUT2D eigenvalue weighted by Gasteiger charge is -2.41. The Hall–Kier alpha value is -2.59. The van der Waals surface area contributed by atoms with Crippen molar-refractivity contribution in [3.8, 4) is 11.5 Å². The second kappa shape index (κ2) is 10.2. The first-order valence-corrected chi connectivity index (χ1v) is 10.7. The lowest BCUT2D eigenvalue weighted by atomic mass is 9.99. The second-order valence-electron chi connectivity index (χ2n) is 8.34. The summed E-state index contributed by atoms with van der Waals surface area (Å²) >= 11 is 0. The third-order valence-corrected chi connectivity index (χ3v) is 6.00. The van der Waals surface area contributed by atoms with Gasteiger partial charge in [0.1, 0.15) is 59.8 Å². The predicted molar refractivity (Wildman–Crippen MR) is 114 cm³/mol. The molecule has 0 aliphatic carbocycles. The maximum atomic E-state index is 11.6. The van der Waals surface area contributed by atoms with E-state index < -0.39 is 79.2 Å². The molecule has 9 atom stereocenters. The maximum absolute atomic E-state index is 11.6. The van der Waals surface area contributed by atoms with Crippen molar-refractivity contribution in [2.24, 2.45) is 0 Å². The van der Waals surface area contributed by atoms with Crippen LogP contribution in [0, 0.1) is 0 Å². The molecule has 0 saturated carbocycles. The molecular weight excluding hydrogens is 472 g/mol. The van der Waals surface area contributed by atoms with E-state index in [1.54, 1.807) is 18.2 Å². The van der Waals surface area contributed by atoms with Gasteiger partial charge in [-0.05, 0) is 6.07 Å². The zero-order chi connectivity index (χ0) is 25.4. The van der Waals surface area contributed by atoms with Gasteiger partial charge in [0, 0.05) is 10.8 Å². The summed E-state index contributed by atoms with van der Waals surface area (Å²) in [5, 5.41) is 80.5. The van der Waals surface area contributed by atoms with Gasteiger partial charge in [-0.2, -0.15) is 0 Å². The zero-order valence-corrected chi connectivity index (χ0v) is 18.1. The molecule has 2 aromatic carbocycles. The number of aromatic carboxylic acids is 1. The normalized spacial score (nSPS) is 35.7. The molecular formula is C22H26O13. The highest BCUT2D eigenvalue weighted by molar-refractivity contribution is 6.03. The Morgan fingerprint density at radius 1 is 0.914 bits per heavy atom. The second-order valence-corrected chi connectivity index (χ2v) is 8.34. The summed E-state index contributed by atoms with van der Waals surface area (Å²) in [6.07, 6.45) is -13.9. The number of aromatic hydroxyl groups is 1. The topological polar surface area (TPSA) is 216 Å². The Balaban J connectivity index is 1.54. The van der Waals surface area contributed by atoms with Gasteiger partial charge < -0.3 is 59.8 Å². The Morgan fingerprint density at radius 2 is 1.57 bits per heavy atom. The van der Waals surface area contributed by atoms with Gasteiger partial charge in [-0.3, -0.25) is 0 Å². The SMILES string of the molecule is O=C(O)c1cc(O[C@@H]2O[C@H](CO[C@@H]3OC[C@@H](O)[C@H](O)[C@H]3O)[C@@H](O)[C@H](O)[C@H]2O)c2ccccc2c1O. The van der Waals surface area contributed by atoms with Crippen LogP contribution in [-0.4, -0.2) is 115 Å². The van der Waals surface area contributed by atoms with Crippen molar-refractivity contribution in [3.63, 3.8) is 0 Å². The fourth-order valence-corrected chi connectivity index (χ4v) is 3.98. The number of hydrogen-bond donors (Lipinski definition) is 8. The van der Waals surface area contributed by atoms with Gasteiger partial charge in [-0.15, -0.1) is 0 Å². The Morgan fingerprint density at radius 3 is 2.26 bits per heavy atom. The number of hydrogen-bond acceptors (Lipinski definition) is 12. The first-order valence-electron chi connectivity index (χ1n) is 10.7. The van der Waals surface area contributed by atoms with E-state index in [0.717, 1.165) is 6.07 Å². The zero-order valence-electron chi connectivity index (χ0n) is 18.1. The van der Waals surface area contributed by atoms with Crippen molar-refractivity contribution < 1.29 is 64.6 Å². The molecule has 2 fully saturated rings. The summed E-state index contributed by atoms with van der Waals surface area (Å²) in [7, 11) is 0. The fraction of sp³-hybridized carbons (Fsp3) is 0.500. The highest BCUT2D eigenvalue weighted by atomic mass is 16.7. The first-order chi connectivity index (χ1) is 16.6. The number of aliphatic hydroxyl groups excluding tert-OH is 6. The smallest absolute Gasteiger partial charge is 0.339 e. The minimum atomic E-state index is -1.76. The molecule has 35 heavy (non-hydrogen) atoms. The molecule has 2 saturated heterocycles. The molecule has 0 bridgehead atoms. The number of fused-ring (bicyclic) bond motifs is 1. The van der Waals surface area contributed by atoms with Crippen molar-refractivity contribution in [1.29, 1.82) is 0 Å². The Labute approximate surface area is 197 Å². The molecule has 2 heterocycles. The number of benzene rings is 2. The van der Waals surface area contributed by atoms with E-state index in [1.807, 2.05) is 0 Å². The first kappa shape index (κ1) is 25.5. The van der Waals surface area contributed by atoms with Crippen molar-refractivity contribution >= 4 is 16.7 Å². The fourth-order valence-electron chi connectivity index (χ4n) is 3.98. The molecule has 13 heteroatoms. The predicted octanol–water partition coefficient (Wildman–Crippen LogP) is -2.11. The molecule has 4 rings (SSSR count). The molecule has 192 valence electrons. The highest BCUT2D eigenvalue weighted by Crippen LogP contribution is 2.37. The summed E-state index contributed by atoms with van der Waals surface area (Å²) in [5.74, 6) is -1.99. The van der Waals surface area contributed by atoms with Crippen molar-refractivity contribution in [1.82, 2.24) is 0 Å². The molecule has 2 aromatic rings. The largest absolute Gasteiger partial charge is 0.506 e. The van der Waals surface area contributed by atoms with Gasteiger partial charge >= 0.3 is 5.97 Å². The lowest BCUT2D eigenvalue weighted by Crippen LogP contribution is -2.61. The average Bonchev–Trinajstić information content (AvgIpc) is 2.84. The molecule has 8 N–H and O–H groups in total. The van der Waals surface area contributed by atoms with Crippen LogP contribution in [-0.2, 0) is 14.2 Å². The van der Waals surface area contributed by atoms with Crippen LogP contribution < -0.4 is 4.74 Å². The number of rotatable bonds is 6. The van der Waals surface area contributed by atoms with Crippen LogP contribution >= 0.6 is 0 Å². The molecule has 0 amide bonds. The third-order valence-electron chi connectivity index (χ3n) is 6.00. The molecule has 13 nitrogen and oxygen atoms in total. The third kappa shape index (κ3) is 4.91. The minimum absolute atomic E-state index is 0.0775. The van der Waals surface area contributed by atoms with E-state index in [1.165, 1.54) is 6.07 Å². The van der Waals surface area contributed by atoms with Gasteiger partial charge in [0.25, 0.3) is 0 Å². The standard InChI is InChI=1S/C22H26O13/c23-11-6-32-21(18(28)15(11)25)33-7-13-16(26)17(27)19(29)22(35-13)34-12-5-10(20(30)31)14(24)9-4-2-1-3-8(9)12/h1-5,11,13,15-19,21-29H,6-7H2,(H,30,31)/t11-,13-,15+,16-,17+,18-,19-,21+,22-/m1/s1. The van der Waals surface area contributed by atoms with Crippen LogP contribution in [0.5, 0.6) is 11.5 Å². The molecule has 0 aromatic heterocycles. The Bertz CT molecular complexity index is 1060. The van der Waals surface area contributed by atoms with E-state index >= 15 is 0 Å². The van der Waals surface area contributed by atoms with Gasteiger partial charge in [0.05, 0.1) is 13.2 Å². The van der Waals surface area contributed by atoms with E-state index in [2.05, 4.69) is 0 Å². The van der Waals surface area contributed by atoms with Crippen molar-refractivity contribution in [2.75, 3.05) is 13.2 Å². The van der Waals surface area contributed by atoms with Crippen LogP contribution in [0.15, 0.2) is 30.3 Å². The summed E-state index contributed by atoms with van der Waals surface area (Å²) in [5.41, 5.74) is -0.464. The molecule has 2 aliphatic rings. The Kier molecular flexibility index (Phi) is 7.42. The number of ether oxygens (including phenoxy) is 4. The molecule has 0 spiro atoms. The van der Waals surface area contributed by atoms with Gasteiger partial charge in [-0.25, -0.2) is 4.79 Å². The van der Waals surface area contributed by atoms with Crippen LogP contribution in [0.25, 0.3) is 10.8 Å². The van der Waals surface area contributed by atoms with E-state index in [0.29, 0.717) is 5.39 Å². The van der Waals surface area contributed by atoms with Gasteiger partial charge in [0.2, 0.25) is 6.29 Å². The maximum Gasteiger partial charge on any atom is 0.339 e. The number of aliphatic hydroxyl groups is 6. The molecule has 0 unspecified atom stereocenters.